The van der Waals surface area contributed by atoms with Gasteiger partial charge in [-0.1, -0.05) is 6.07 Å². The van der Waals surface area contributed by atoms with Crippen LogP contribution in [0.25, 0.3) is 0 Å². The second kappa shape index (κ2) is 4.06. The molecule has 0 saturated heterocycles. The van der Waals surface area contributed by atoms with Crippen LogP contribution in [0.3, 0.4) is 0 Å². The molecule has 6 heteroatoms. The first kappa shape index (κ1) is 10.2. The summed E-state index contributed by atoms with van der Waals surface area (Å²) in [5.41, 5.74) is 0.313. The van der Waals surface area contributed by atoms with Gasteiger partial charge in [0, 0.05) is 22.0 Å². The molecule has 15 heavy (non-hydrogen) atoms. The average Bonchev–Trinajstić information content (AvgIpc) is 2.56. The lowest BCUT2D eigenvalue weighted by Crippen LogP contribution is -1.93. The molecule has 0 fully saturated rings. The fourth-order valence-electron chi connectivity index (χ4n) is 1.13. The molecule has 78 valence electrons. The third-order valence-corrected chi connectivity index (χ3v) is 2.12. The monoisotopic (exact) mass is 274 g/mol. The Labute approximate surface area is 92.3 Å². The number of hydrogen-bond donors (Lipinski definition) is 0. The van der Waals surface area contributed by atoms with Crippen molar-refractivity contribution in [1.82, 2.24) is 10.2 Å². The molecule has 0 aliphatic carbocycles. The fraction of sp³-hybridized carbons (Fsp3) is 0.111. The van der Waals surface area contributed by atoms with Crippen molar-refractivity contribution in [2.45, 2.75) is 6.42 Å². The van der Waals surface area contributed by atoms with Crippen LogP contribution in [0.15, 0.2) is 27.4 Å². The number of rotatable bonds is 2. The van der Waals surface area contributed by atoms with Crippen LogP contribution in [0.1, 0.15) is 11.5 Å². The highest BCUT2D eigenvalue weighted by atomic mass is 79.9. The molecule has 3 nitrogen and oxygen atoms in total. The second-order valence-corrected chi connectivity index (χ2v) is 3.54. The van der Waals surface area contributed by atoms with Gasteiger partial charge in [-0.25, -0.2) is 8.78 Å². The predicted molar refractivity (Wildman–Crippen MR) is 51.2 cm³/mol. The van der Waals surface area contributed by atoms with Crippen LogP contribution in [0.2, 0.25) is 0 Å². The highest BCUT2D eigenvalue weighted by Crippen LogP contribution is 2.15. The van der Waals surface area contributed by atoms with E-state index in [2.05, 4.69) is 26.1 Å². The molecule has 0 N–H and O–H groups in total. The summed E-state index contributed by atoms with van der Waals surface area (Å²) in [6.07, 6.45) is 0.144. The van der Waals surface area contributed by atoms with Crippen molar-refractivity contribution in [2.75, 3.05) is 0 Å². The van der Waals surface area contributed by atoms with Crippen molar-refractivity contribution in [2.24, 2.45) is 0 Å². The Hall–Kier alpha value is -1.30. The first-order valence-electron chi connectivity index (χ1n) is 4.07. The second-order valence-electron chi connectivity index (χ2n) is 2.86. The van der Waals surface area contributed by atoms with E-state index < -0.39 is 11.6 Å². The highest BCUT2D eigenvalue weighted by Gasteiger charge is 2.09. The molecule has 2 rings (SSSR count). The van der Waals surface area contributed by atoms with Crippen LogP contribution >= 0.6 is 15.9 Å². The van der Waals surface area contributed by atoms with Gasteiger partial charge in [0.25, 0.3) is 4.80 Å². The molecule has 0 aliphatic rings. The molecule has 1 aromatic carbocycles. The first-order chi connectivity index (χ1) is 7.15. The Morgan fingerprint density at radius 1 is 1.27 bits per heavy atom. The zero-order valence-corrected chi connectivity index (χ0v) is 8.96. The molecule has 0 atom stereocenters. The standard InChI is InChI=1S/C9H5BrF2N2O/c10-9-14-13-8(15-9)3-5-1-2-6(11)4-7(5)12/h1-2,4H,3H2. The van der Waals surface area contributed by atoms with Gasteiger partial charge in [-0.3, -0.25) is 0 Å². The van der Waals surface area contributed by atoms with E-state index >= 15 is 0 Å². The Morgan fingerprint density at radius 3 is 2.67 bits per heavy atom. The van der Waals surface area contributed by atoms with Gasteiger partial charge in [-0.05, 0) is 11.6 Å². The van der Waals surface area contributed by atoms with Gasteiger partial charge < -0.3 is 4.42 Å². The number of benzene rings is 1. The van der Waals surface area contributed by atoms with Gasteiger partial charge in [0.1, 0.15) is 11.6 Å². The van der Waals surface area contributed by atoms with E-state index in [9.17, 15) is 8.78 Å². The smallest absolute Gasteiger partial charge is 0.284 e. The molecule has 0 amide bonds. The maximum absolute atomic E-state index is 13.2. The molecular formula is C9H5BrF2N2O. The quantitative estimate of drug-likeness (QED) is 0.845. The predicted octanol–water partition coefficient (Wildman–Crippen LogP) is 2.70. The Morgan fingerprint density at radius 2 is 2.07 bits per heavy atom. The number of hydrogen-bond acceptors (Lipinski definition) is 3. The molecule has 0 bridgehead atoms. The third-order valence-electron chi connectivity index (χ3n) is 1.80. The van der Waals surface area contributed by atoms with Crippen LogP contribution in [0.4, 0.5) is 8.78 Å². The van der Waals surface area contributed by atoms with Crippen molar-refractivity contribution in [3.63, 3.8) is 0 Å². The normalized spacial score (nSPS) is 10.6. The van der Waals surface area contributed by atoms with Crippen LogP contribution in [-0.4, -0.2) is 10.2 Å². The molecule has 1 aromatic heterocycles. The number of aromatic nitrogens is 2. The van der Waals surface area contributed by atoms with Crippen molar-refractivity contribution in [3.05, 3.63) is 46.1 Å². The van der Waals surface area contributed by atoms with Gasteiger partial charge in [0.15, 0.2) is 0 Å². The molecular weight excluding hydrogens is 270 g/mol. The summed E-state index contributed by atoms with van der Waals surface area (Å²) >= 11 is 2.98. The van der Waals surface area contributed by atoms with Crippen LogP contribution < -0.4 is 0 Å². The molecule has 2 aromatic rings. The largest absolute Gasteiger partial charge is 0.415 e. The van der Waals surface area contributed by atoms with E-state index in [4.69, 9.17) is 4.42 Å². The summed E-state index contributed by atoms with van der Waals surface area (Å²) in [6.45, 7) is 0. The summed E-state index contributed by atoms with van der Waals surface area (Å²) < 4.78 is 30.8. The summed E-state index contributed by atoms with van der Waals surface area (Å²) in [4.78, 5) is 0.236. The van der Waals surface area contributed by atoms with Gasteiger partial charge in [-0.2, -0.15) is 0 Å². The van der Waals surface area contributed by atoms with Gasteiger partial charge in [0.05, 0.1) is 6.42 Å². The molecule has 0 unspecified atom stereocenters. The molecule has 0 radical (unpaired) electrons. The maximum Gasteiger partial charge on any atom is 0.284 e. The van der Waals surface area contributed by atoms with Crippen molar-refractivity contribution < 1.29 is 13.2 Å². The van der Waals surface area contributed by atoms with E-state index in [1.54, 1.807) is 0 Å². The Kier molecular flexibility index (Phi) is 2.77. The summed E-state index contributed by atoms with van der Waals surface area (Å²) in [5.74, 6) is -0.959. The zero-order chi connectivity index (χ0) is 10.8. The average molecular weight is 275 g/mol. The molecule has 0 saturated carbocycles. The first-order valence-corrected chi connectivity index (χ1v) is 4.86. The van der Waals surface area contributed by atoms with Gasteiger partial charge in [0.2, 0.25) is 5.89 Å². The molecule has 1 heterocycles. The molecule has 0 aliphatic heterocycles. The Balaban J connectivity index is 2.24. The lowest BCUT2D eigenvalue weighted by atomic mass is 10.1. The van der Waals surface area contributed by atoms with E-state index in [-0.39, 0.29) is 17.1 Å². The van der Waals surface area contributed by atoms with Gasteiger partial charge in [-0.15, -0.1) is 10.2 Å². The highest BCUT2D eigenvalue weighted by molar-refractivity contribution is 9.10. The fourth-order valence-corrected chi connectivity index (χ4v) is 1.40. The summed E-state index contributed by atoms with van der Waals surface area (Å²) in [6, 6.07) is 3.35. The summed E-state index contributed by atoms with van der Waals surface area (Å²) in [5, 5.41) is 7.21. The van der Waals surface area contributed by atoms with Crippen molar-refractivity contribution in [3.8, 4) is 0 Å². The minimum Gasteiger partial charge on any atom is -0.415 e. The lowest BCUT2D eigenvalue weighted by Gasteiger charge is -1.98. The topological polar surface area (TPSA) is 38.9 Å². The van der Waals surface area contributed by atoms with E-state index in [1.807, 2.05) is 0 Å². The zero-order valence-electron chi connectivity index (χ0n) is 7.38. The number of halogens is 3. The number of nitrogens with zero attached hydrogens (tertiary/aromatic N) is 2. The lowest BCUT2D eigenvalue weighted by molar-refractivity contribution is 0.477. The minimum absolute atomic E-state index is 0.144. The summed E-state index contributed by atoms with van der Waals surface area (Å²) in [7, 11) is 0. The third kappa shape index (κ3) is 2.38. The van der Waals surface area contributed by atoms with Crippen molar-refractivity contribution in [1.29, 1.82) is 0 Å². The van der Waals surface area contributed by atoms with E-state index in [1.165, 1.54) is 12.1 Å². The van der Waals surface area contributed by atoms with E-state index in [0.29, 0.717) is 5.56 Å². The van der Waals surface area contributed by atoms with Crippen LogP contribution in [0.5, 0.6) is 0 Å². The minimum atomic E-state index is -0.621. The van der Waals surface area contributed by atoms with Crippen LogP contribution in [0, 0.1) is 11.6 Å². The van der Waals surface area contributed by atoms with E-state index in [0.717, 1.165) is 6.07 Å². The molecule has 0 spiro atoms. The van der Waals surface area contributed by atoms with Gasteiger partial charge >= 0.3 is 0 Å². The Bertz CT molecular complexity index is 487. The maximum atomic E-state index is 13.2. The van der Waals surface area contributed by atoms with Crippen LogP contribution in [-0.2, 0) is 6.42 Å². The van der Waals surface area contributed by atoms with Crippen molar-refractivity contribution >= 4 is 15.9 Å². The SMILES string of the molecule is Fc1ccc(Cc2nnc(Br)o2)c(F)c1.